The maximum atomic E-state index is 10.8. The van der Waals surface area contributed by atoms with Crippen molar-refractivity contribution in [3.8, 4) is 0 Å². The van der Waals surface area contributed by atoms with E-state index < -0.39 is 39.7 Å². The van der Waals surface area contributed by atoms with Gasteiger partial charge in [-0.1, -0.05) is 6.92 Å². The Morgan fingerprint density at radius 2 is 1.23 bits per heavy atom. The molecule has 0 amide bonds. The highest BCUT2D eigenvalue weighted by Gasteiger charge is 2.49. The molecule has 0 rings (SSSR count). The van der Waals surface area contributed by atoms with Crippen molar-refractivity contribution in [1.29, 1.82) is 0 Å². The normalized spacial score (nSPS) is 14.7. The SMILES string of the molecule is CC(CC(=O)[O-])SCC[Si](O[Si](C)(C)C)(O[Si](C)(C)C)O[Si](C)(C)C.[NH4+]. The summed E-state index contributed by atoms with van der Waals surface area (Å²) in [6, 6.07) is 0.730. The first kappa shape index (κ1) is 28.7. The van der Waals surface area contributed by atoms with Crippen molar-refractivity contribution < 1.29 is 22.2 Å². The molecule has 0 saturated carbocycles. The summed E-state index contributed by atoms with van der Waals surface area (Å²) in [5, 5.41) is 10.8. The minimum absolute atomic E-state index is 0. The second kappa shape index (κ2) is 10.9. The molecule has 0 heterocycles. The fourth-order valence-corrected chi connectivity index (χ4v) is 18.5. The Labute approximate surface area is 169 Å². The quantitative estimate of drug-likeness (QED) is 0.440. The van der Waals surface area contributed by atoms with Crippen LogP contribution in [0.25, 0.3) is 0 Å². The van der Waals surface area contributed by atoms with E-state index in [0.717, 1.165) is 11.8 Å². The molecule has 0 aromatic heterocycles. The Balaban J connectivity index is 0. The van der Waals surface area contributed by atoms with Gasteiger partial charge in [-0.25, -0.2) is 0 Å². The zero-order chi connectivity index (χ0) is 20.1. The Morgan fingerprint density at radius 1 is 0.885 bits per heavy atom. The van der Waals surface area contributed by atoms with Crippen molar-refractivity contribution in [2.24, 2.45) is 0 Å². The van der Waals surface area contributed by atoms with Gasteiger partial charge in [-0.15, -0.1) is 0 Å². The van der Waals surface area contributed by atoms with Gasteiger partial charge in [-0.3, -0.25) is 0 Å². The van der Waals surface area contributed by atoms with Crippen LogP contribution in [0.5, 0.6) is 0 Å². The summed E-state index contributed by atoms with van der Waals surface area (Å²) in [4.78, 5) is 10.8. The average molecular weight is 460 g/mol. The first-order valence-corrected chi connectivity index (χ1v) is 22.1. The highest BCUT2D eigenvalue weighted by Crippen LogP contribution is 2.31. The first-order chi connectivity index (χ1) is 10.9. The molecule has 4 N–H and O–H groups in total. The molecule has 0 aromatic carbocycles. The molecule has 0 aliphatic carbocycles. The highest BCUT2D eigenvalue weighted by atomic mass is 32.2. The summed E-state index contributed by atoms with van der Waals surface area (Å²) in [5.41, 5.74) is 0. The molecule has 1 atom stereocenters. The van der Waals surface area contributed by atoms with E-state index in [0.29, 0.717) is 0 Å². The summed E-state index contributed by atoms with van der Waals surface area (Å²) in [5.74, 6) is -0.223. The van der Waals surface area contributed by atoms with Crippen LogP contribution in [0.15, 0.2) is 0 Å². The van der Waals surface area contributed by atoms with E-state index in [2.05, 4.69) is 58.9 Å². The molecule has 0 radical (unpaired) electrons. The molecule has 0 aliphatic rings. The van der Waals surface area contributed by atoms with Crippen molar-refractivity contribution in [3.63, 3.8) is 0 Å². The molecule has 0 bridgehead atoms. The second-order valence-corrected chi connectivity index (χ2v) is 27.9. The van der Waals surface area contributed by atoms with Crippen LogP contribution in [0.2, 0.25) is 65.0 Å². The largest absolute Gasteiger partial charge is 0.550 e. The molecule has 0 spiro atoms. The third-order valence-corrected chi connectivity index (χ3v) is 16.1. The van der Waals surface area contributed by atoms with Crippen LogP contribution in [-0.2, 0) is 17.1 Å². The van der Waals surface area contributed by atoms with Gasteiger partial charge in [-0.05, 0) is 71.1 Å². The molecular weight excluding hydrogens is 419 g/mol. The van der Waals surface area contributed by atoms with Crippen LogP contribution in [-0.4, -0.2) is 50.7 Å². The fraction of sp³-hybridized carbons (Fsp3) is 0.933. The first-order valence-electron chi connectivity index (χ1n) is 8.85. The van der Waals surface area contributed by atoms with Crippen LogP contribution in [0.3, 0.4) is 0 Å². The van der Waals surface area contributed by atoms with Gasteiger partial charge >= 0.3 is 8.80 Å². The summed E-state index contributed by atoms with van der Waals surface area (Å²) in [6.45, 7) is 21.4. The van der Waals surface area contributed by atoms with Gasteiger partial charge < -0.3 is 28.4 Å². The van der Waals surface area contributed by atoms with Gasteiger partial charge in [0, 0.05) is 17.3 Å². The number of hydrogen-bond donors (Lipinski definition) is 1. The number of thioether (sulfide) groups is 1. The van der Waals surface area contributed by atoms with E-state index in [9.17, 15) is 9.90 Å². The minimum Gasteiger partial charge on any atom is -0.550 e. The minimum atomic E-state index is -2.81. The molecule has 11 heteroatoms. The maximum Gasteiger partial charge on any atom is 0.470 e. The van der Waals surface area contributed by atoms with Crippen LogP contribution in [0.1, 0.15) is 13.3 Å². The smallest absolute Gasteiger partial charge is 0.470 e. The highest BCUT2D eigenvalue weighted by molar-refractivity contribution is 7.99. The topological polar surface area (TPSA) is 104 Å². The molecule has 0 aromatic rings. The van der Waals surface area contributed by atoms with Crippen LogP contribution in [0, 0.1) is 0 Å². The van der Waals surface area contributed by atoms with Crippen LogP contribution in [0.4, 0.5) is 0 Å². The van der Waals surface area contributed by atoms with Gasteiger partial charge in [0.2, 0.25) is 0 Å². The molecule has 158 valence electrons. The zero-order valence-corrected chi connectivity index (χ0v) is 23.5. The predicted molar refractivity (Wildman–Crippen MR) is 121 cm³/mol. The Hall–Kier alpha value is 0.528. The number of carboxylic acid groups (broad SMARTS) is 1. The molecule has 1 unspecified atom stereocenters. The predicted octanol–water partition coefficient (Wildman–Crippen LogP) is 4.12. The number of carboxylic acids is 1. The van der Waals surface area contributed by atoms with Crippen molar-refractivity contribution in [1.82, 2.24) is 6.15 Å². The molecule has 0 aliphatic heterocycles. The second-order valence-electron chi connectivity index (χ2n) is 9.33. The lowest BCUT2D eigenvalue weighted by Gasteiger charge is -2.43. The van der Waals surface area contributed by atoms with E-state index in [1.807, 2.05) is 6.92 Å². The lowest BCUT2D eigenvalue weighted by Crippen LogP contribution is -2.60. The summed E-state index contributed by atoms with van der Waals surface area (Å²) in [6.07, 6.45) is 0.0673. The molecule has 6 nitrogen and oxygen atoms in total. The molecule has 0 saturated heterocycles. The molecule has 26 heavy (non-hydrogen) atoms. The zero-order valence-electron chi connectivity index (χ0n) is 18.6. The third kappa shape index (κ3) is 15.6. The number of carbonyl (C=O) groups excluding carboxylic acids is 1. The van der Waals surface area contributed by atoms with Gasteiger partial charge in [0.1, 0.15) is 0 Å². The number of hydrogen-bond acceptors (Lipinski definition) is 6. The Bertz CT molecular complexity index is 394. The van der Waals surface area contributed by atoms with Gasteiger partial charge in [0.15, 0.2) is 25.0 Å². The number of carbonyl (C=O) groups is 1. The Morgan fingerprint density at radius 3 is 1.50 bits per heavy atom. The van der Waals surface area contributed by atoms with Crippen LogP contribution < -0.4 is 11.3 Å². The number of quaternary nitrogens is 1. The van der Waals surface area contributed by atoms with E-state index in [-0.39, 0.29) is 17.8 Å². The van der Waals surface area contributed by atoms with E-state index in [1.165, 1.54) is 0 Å². The standard InChI is InChI=1S/C15H38O5SSi4.H3N/c1-14(13-15(16)17)21-11-12-25(18-22(2,3)4,19-23(5,6)7)20-24(8,9)10;/h14H,11-13H2,1-10H3,(H,16,17);1H3. The van der Waals surface area contributed by atoms with Crippen molar-refractivity contribution in [2.75, 3.05) is 5.75 Å². The molecule has 0 fully saturated rings. The van der Waals surface area contributed by atoms with E-state index in [4.69, 9.17) is 12.3 Å². The third-order valence-electron chi connectivity index (χ3n) is 2.65. The van der Waals surface area contributed by atoms with Crippen molar-refractivity contribution >= 4 is 51.5 Å². The summed E-state index contributed by atoms with van der Waals surface area (Å²) in [7, 11) is -8.37. The lowest BCUT2D eigenvalue weighted by atomic mass is 10.3. The Kier molecular flexibility index (Phi) is 12.1. The molecular formula is C15H41NO5SSi4. The maximum absolute atomic E-state index is 10.8. The van der Waals surface area contributed by atoms with Gasteiger partial charge in [0.05, 0.1) is 0 Å². The van der Waals surface area contributed by atoms with Crippen molar-refractivity contribution in [2.45, 2.75) is 83.6 Å². The van der Waals surface area contributed by atoms with E-state index in [1.54, 1.807) is 11.8 Å². The van der Waals surface area contributed by atoms with E-state index >= 15 is 0 Å². The summed E-state index contributed by atoms with van der Waals surface area (Å²) >= 11 is 1.63. The lowest BCUT2D eigenvalue weighted by molar-refractivity contribution is -0.305. The summed E-state index contributed by atoms with van der Waals surface area (Å²) < 4.78 is 19.8. The van der Waals surface area contributed by atoms with Gasteiger partial charge in [-0.2, -0.15) is 11.8 Å². The monoisotopic (exact) mass is 459 g/mol. The van der Waals surface area contributed by atoms with Crippen molar-refractivity contribution in [3.05, 3.63) is 0 Å². The average Bonchev–Trinajstić information content (AvgIpc) is 2.18. The van der Waals surface area contributed by atoms with Gasteiger partial charge in [0.25, 0.3) is 0 Å². The number of rotatable bonds is 12. The fourth-order valence-electron chi connectivity index (χ4n) is 2.29. The van der Waals surface area contributed by atoms with Crippen LogP contribution >= 0.6 is 11.8 Å². The number of aliphatic carboxylic acids is 1.